The van der Waals surface area contributed by atoms with Gasteiger partial charge in [-0.05, 0) is 55.3 Å². The summed E-state index contributed by atoms with van der Waals surface area (Å²) >= 11 is 7.57. The number of amides is 2. The number of aryl methyl sites for hydroxylation is 2. The Morgan fingerprint density at radius 1 is 0.867 bits per heavy atom. The Labute approximate surface area is 184 Å². The lowest BCUT2D eigenvalue weighted by Gasteiger charge is -2.17. The first-order valence-electron chi connectivity index (χ1n) is 9.40. The highest BCUT2D eigenvalue weighted by molar-refractivity contribution is 8.04. The molecule has 1 aliphatic rings. The molecule has 1 aliphatic heterocycles. The van der Waals surface area contributed by atoms with E-state index in [9.17, 15) is 9.59 Å². The van der Waals surface area contributed by atoms with Crippen molar-refractivity contribution < 1.29 is 9.59 Å². The van der Waals surface area contributed by atoms with Gasteiger partial charge in [0.25, 0.3) is 11.8 Å². The van der Waals surface area contributed by atoms with Crippen LogP contribution in [0.25, 0.3) is 0 Å². The minimum Gasteiger partial charge on any atom is -0.350 e. The Morgan fingerprint density at radius 3 is 2.30 bits per heavy atom. The van der Waals surface area contributed by atoms with Crippen molar-refractivity contribution in [3.63, 3.8) is 0 Å². The number of nitrogens with one attached hydrogen (secondary N) is 1. The Morgan fingerprint density at radius 2 is 1.57 bits per heavy atom. The number of hydrogen-bond donors (Lipinski definition) is 1. The van der Waals surface area contributed by atoms with Gasteiger partial charge in [0.2, 0.25) is 0 Å². The van der Waals surface area contributed by atoms with Crippen molar-refractivity contribution in [2.24, 2.45) is 0 Å². The van der Waals surface area contributed by atoms with Crippen LogP contribution in [0.3, 0.4) is 0 Å². The third kappa shape index (κ3) is 3.86. The highest BCUT2D eigenvalue weighted by Crippen LogP contribution is 2.39. The predicted molar refractivity (Wildman–Crippen MR) is 123 cm³/mol. The van der Waals surface area contributed by atoms with E-state index in [0.717, 1.165) is 26.6 Å². The number of halogens is 1. The van der Waals surface area contributed by atoms with Crippen LogP contribution in [0.15, 0.2) is 88.3 Å². The number of para-hydroxylation sites is 1. The minimum atomic E-state index is -0.424. The molecule has 0 bridgehead atoms. The molecule has 3 aromatic carbocycles. The SMILES string of the molecule is Cc1ccc(C)c(NC2=C(Sc3ccccc3)C(=O)N(c3ccccc3Cl)C2=O)c1. The quantitative estimate of drug-likeness (QED) is 0.504. The fourth-order valence-corrected chi connectivity index (χ4v) is 4.35. The second-order valence-electron chi connectivity index (χ2n) is 6.96. The normalized spacial score (nSPS) is 13.9. The molecule has 0 saturated heterocycles. The van der Waals surface area contributed by atoms with Crippen LogP contribution < -0.4 is 10.2 Å². The van der Waals surface area contributed by atoms with E-state index in [2.05, 4.69) is 5.32 Å². The van der Waals surface area contributed by atoms with Crippen LogP contribution >= 0.6 is 23.4 Å². The van der Waals surface area contributed by atoms with Crippen LogP contribution in [0.5, 0.6) is 0 Å². The second kappa shape index (κ2) is 8.38. The van der Waals surface area contributed by atoms with Gasteiger partial charge in [-0.1, -0.05) is 65.8 Å². The number of benzene rings is 3. The molecule has 3 aromatic rings. The molecular formula is C24H19ClN2O2S. The molecule has 150 valence electrons. The standard InChI is InChI=1S/C24H19ClN2O2S/c1-15-12-13-16(2)19(14-15)26-21-22(30-17-8-4-3-5-9-17)24(29)27(23(21)28)20-11-7-6-10-18(20)25/h3-14,26H,1-2H3. The Bertz CT molecular complexity index is 1170. The van der Waals surface area contributed by atoms with Gasteiger partial charge in [-0.2, -0.15) is 0 Å². The molecule has 1 heterocycles. The van der Waals surface area contributed by atoms with Crippen molar-refractivity contribution >= 4 is 46.6 Å². The lowest BCUT2D eigenvalue weighted by Crippen LogP contribution is -2.32. The summed E-state index contributed by atoms with van der Waals surface area (Å²) in [4.78, 5) is 29.1. The first-order chi connectivity index (χ1) is 14.5. The van der Waals surface area contributed by atoms with Gasteiger partial charge >= 0.3 is 0 Å². The second-order valence-corrected chi connectivity index (χ2v) is 8.45. The highest BCUT2D eigenvalue weighted by Gasteiger charge is 2.41. The molecule has 2 amide bonds. The van der Waals surface area contributed by atoms with Crippen molar-refractivity contribution in [2.45, 2.75) is 18.7 Å². The number of carbonyl (C=O) groups is 2. The molecule has 4 rings (SSSR count). The van der Waals surface area contributed by atoms with Gasteiger partial charge < -0.3 is 5.32 Å². The molecule has 1 N–H and O–H groups in total. The molecule has 0 fully saturated rings. The summed E-state index contributed by atoms with van der Waals surface area (Å²) in [6.45, 7) is 3.94. The number of imide groups is 1. The first kappa shape index (κ1) is 20.3. The third-order valence-electron chi connectivity index (χ3n) is 4.75. The summed E-state index contributed by atoms with van der Waals surface area (Å²) in [6, 6.07) is 22.3. The molecule has 0 atom stereocenters. The van der Waals surface area contributed by atoms with Gasteiger partial charge in [-0.15, -0.1) is 0 Å². The lowest BCUT2D eigenvalue weighted by molar-refractivity contribution is -0.120. The third-order valence-corrected chi connectivity index (χ3v) is 6.16. The first-order valence-corrected chi connectivity index (χ1v) is 10.6. The average molecular weight is 435 g/mol. The minimum absolute atomic E-state index is 0.252. The fourth-order valence-electron chi connectivity index (χ4n) is 3.18. The van der Waals surface area contributed by atoms with Crippen LogP contribution in [0.1, 0.15) is 11.1 Å². The van der Waals surface area contributed by atoms with E-state index >= 15 is 0 Å². The summed E-state index contributed by atoms with van der Waals surface area (Å²) in [7, 11) is 0. The largest absolute Gasteiger partial charge is 0.350 e. The Hall–Kier alpha value is -3.02. The fraction of sp³-hybridized carbons (Fsp3) is 0.0833. The van der Waals surface area contributed by atoms with Gasteiger partial charge in [0.15, 0.2) is 0 Å². The summed E-state index contributed by atoms with van der Waals surface area (Å²) in [5, 5.41) is 3.57. The van der Waals surface area contributed by atoms with E-state index < -0.39 is 11.8 Å². The van der Waals surface area contributed by atoms with Gasteiger partial charge in [-0.3, -0.25) is 9.59 Å². The molecule has 0 aromatic heterocycles. The van der Waals surface area contributed by atoms with Gasteiger partial charge in [0.05, 0.1) is 10.7 Å². The Balaban J connectivity index is 1.79. The molecular weight excluding hydrogens is 416 g/mol. The maximum absolute atomic E-state index is 13.4. The molecule has 0 spiro atoms. The summed E-state index contributed by atoms with van der Waals surface area (Å²) < 4.78 is 0. The van der Waals surface area contributed by atoms with Crippen LogP contribution in [-0.2, 0) is 9.59 Å². The van der Waals surface area contributed by atoms with E-state index in [-0.39, 0.29) is 5.70 Å². The van der Waals surface area contributed by atoms with Crippen molar-refractivity contribution in [1.82, 2.24) is 0 Å². The number of anilines is 2. The maximum atomic E-state index is 13.4. The number of hydrogen-bond acceptors (Lipinski definition) is 4. The molecule has 4 nitrogen and oxygen atoms in total. The smallest absolute Gasteiger partial charge is 0.283 e. The van der Waals surface area contributed by atoms with E-state index in [1.54, 1.807) is 24.3 Å². The zero-order valence-electron chi connectivity index (χ0n) is 16.5. The van der Waals surface area contributed by atoms with Crippen molar-refractivity contribution in [3.8, 4) is 0 Å². The number of nitrogens with zero attached hydrogens (tertiary/aromatic N) is 1. The molecule has 30 heavy (non-hydrogen) atoms. The van der Waals surface area contributed by atoms with Crippen molar-refractivity contribution in [3.05, 3.63) is 99.5 Å². The zero-order chi connectivity index (χ0) is 21.3. The van der Waals surface area contributed by atoms with Gasteiger partial charge in [0.1, 0.15) is 10.6 Å². The van der Waals surface area contributed by atoms with E-state index in [4.69, 9.17) is 11.6 Å². The van der Waals surface area contributed by atoms with Crippen LogP contribution in [-0.4, -0.2) is 11.8 Å². The van der Waals surface area contributed by atoms with Crippen molar-refractivity contribution in [1.29, 1.82) is 0 Å². The topological polar surface area (TPSA) is 49.4 Å². The van der Waals surface area contributed by atoms with E-state index in [1.165, 1.54) is 11.8 Å². The number of rotatable bonds is 5. The van der Waals surface area contributed by atoms with E-state index in [1.807, 2.05) is 62.4 Å². The Kier molecular flexibility index (Phi) is 5.66. The number of thioether (sulfide) groups is 1. The van der Waals surface area contributed by atoms with Crippen molar-refractivity contribution in [2.75, 3.05) is 10.2 Å². The van der Waals surface area contributed by atoms with Gasteiger partial charge in [0, 0.05) is 10.6 Å². The van der Waals surface area contributed by atoms with Crippen LogP contribution in [0, 0.1) is 13.8 Å². The molecule has 0 saturated carbocycles. The van der Waals surface area contributed by atoms with E-state index in [0.29, 0.717) is 15.6 Å². The molecule has 0 radical (unpaired) electrons. The van der Waals surface area contributed by atoms with Gasteiger partial charge in [-0.25, -0.2) is 4.90 Å². The molecule has 0 aliphatic carbocycles. The monoisotopic (exact) mass is 434 g/mol. The zero-order valence-corrected chi connectivity index (χ0v) is 18.1. The maximum Gasteiger partial charge on any atom is 0.283 e. The summed E-state index contributed by atoms with van der Waals surface area (Å²) in [5.41, 5.74) is 3.45. The van der Waals surface area contributed by atoms with Crippen LogP contribution in [0.2, 0.25) is 5.02 Å². The molecule has 0 unspecified atom stereocenters. The average Bonchev–Trinajstić information content (AvgIpc) is 2.96. The van der Waals surface area contributed by atoms with Crippen LogP contribution in [0.4, 0.5) is 11.4 Å². The molecule has 6 heteroatoms. The summed E-state index contributed by atoms with van der Waals surface area (Å²) in [5.74, 6) is -0.817. The highest BCUT2D eigenvalue weighted by atomic mass is 35.5. The number of carbonyl (C=O) groups excluding carboxylic acids is 2. The predicted octanol–water partition coefficient (Wildman–Crippen LogP) is 5.95. The summed E-state index contributed by atoms with van der Waals surface area (Å²) in [6.07, 6.45) is 0. The lowest BCUT2D eigenvalue weighted by atomic mass is 10.1.